The Morgan fingerprint density at radius 1 is 1.15 bits per heavy atom. The van der Waals surface area contributed by atoms with Gasteiger partial charge in [0.2, 0.25) is 5.91 Å². The number of hydrogen-bond acceptors (Lipinski definition) is 7. The third kappa shape index (κ3) is 4.46. The predicted molar refractivity (Wildman–Crippen MR) is 111 cm³/mol. The number of nitrogens with zero attached hydrogens (tertiary/aromatic N) is 3. The predicted octanol–water partition coefficient (Wildman–Crippen LogP) is 2.30. The van der Waals surface area contributed by atoms with Crippen molar-refractivity contribution in [3.05, 3.63) is 61.1 Å². The van der Waals surface area contributed by atoms with Gasteiger partial charge in [-0.15, -0.1) is 11.3 Å². The van der Waals surface area contributed by atoms with Gasteiger partial charge in [-0.2, -0.15) is 13.2 Å². The fraction of sp³-hybridized carbons (Fsp3) is 0.211. The van der Waals surface area contributed by atoms with Crippen LogP contribution in [0.15, 0.2) is 27.1 Å². The highest BCUT2D eigenvalue weighted by Gasteiger charge is 2.39. The van der Waals surface area contributed by atoms with Gasteiger partial charge in [0.05, 0.1) is 12.1 Å². The Balaban J connectivity index is 1.83. The quantitative estimate of drug-likeness (QED) is 0.312. The highest BCUT2D eigenvalue weighted by molar-refractivity contribution is 7.14. The van der Waals surface area contributed by atoms with Gasteiger partial charge in [0, 0.05) is 25.0 Å². The van der Waals surface area contributed by atoms with Gasteiger partial charge in [0.1, 0.15) is 28.6 Å². The Bertz CT molecular complexity index is 1440. The molecule has 0 saturated carbocycles. The summed E-state index contributed by atoms with van der Waals surface area (Å²) in [5.41, 5.74) is 0.268. The van der Waals surface area contributed by atoms with Gasteiger partial charge in [0.25, 0.3) is 5.56 Å². The van der Waals surface area contributed by atoms with Crippen molar-refractivity contribution in [1.82, 2.24) is 14.1 Å². The maximum Gasteiger partial charge on any atom is 0.422 e. The average Bonchev–Trinajstić information content (AvgIpc) is 3.17. The van der Waals surface area contributed by atoms with Crippen LogP contribution in [0.5, 0.6) is 0 Å². The van der Waals surface area contributed by atoms with Crippen molar-refractivity contribution in [2.24, 2.45) is 14.1 Å². The molecule has 3 aromatic rings. The molecule has 1 amide bonds. The van der Waals surface area contributed by atoms with E-state index in [0.717, 1.165) is 23.1 Å². The lowest BCUT2D eigenvalue weighted by atomic mass is 10.1. The molecule has 0 aliphatic heterocycles. The number of Topliss-reactive ketones (excluding diaryl/α,β-unsaturated/α-hetero) is 1. The third-order valence-corrected chi connectivity index (χ3v) is 5.47. The SMILES string of the molecule is Cn1c(N)c(C(=O)CC(=O)Nc2nc(-c3ccc(F)c(C(F)(F)F)c3F)cs2)c(=O)n(C)c1=O. The molecule has 0 saturated heterocycles. The molecular weight excluding hydrogens is 489 g/mol. The maximum atomic E-state index is 14.3. The first-order valence-corrected chi connectivity index (χ1v) is 10.0. The smallest absolute Gasteiger partial charge is 0.384 e. The molecule has 3 N–H and O–H groups in total. The number of carbonyl (C=O) groups excluding carboxylic acids is 2. The zero-order chi connectivity index (χ0) is 25.5. The zero-order valence-electron chi connectivity index (χ0n) is 17.3. The van der Waals surface area contributed by atoms with Crippen molar-refractivity contribution in [3.63, 3.8) is 0 Å². The summed E-state index contributed by atoms with van der Waals surface area (Å²) in [5.74, 6) is -6.06. The van der Waals surface area contributed by atoms with Gasteiger partial charge in [-0.3, -0.25) is 23.5 Å². The lowest BCUT2D eigenvalue weighted by molar-refractivity contribution is -0.142. The van der Waals surface area contributed by atoms with Gasteiger partial charge in [-0.1, -0.05) is 0 Å². The molecular formula is C19H14F5N5O4S. The summed E-state index contributed by atoms with van der Waals surface area (Å²) >= 11 is 0.703. The van der Waals surface area contributed by atoms with Gasteiger partial charge >= 0.3 is 11.9 Å². The lowest BCUT2D eigenvalue weighted by Crippen LogP contribution is -2.42. The molecule has 0 bridgehead atoms. The van der Waals surface area contributed by atoms with Crippen LogP contribution < -0.4 is 22.3 Å². The van der Waals surface area contributed by atoms with E-state index in [4.69, 9.17) is 5.73 Å². The molecule has 9 nitrogen and oxygen atoms in total. The number of amides is 1. The van der Waals surface area contributed by atoms with Crippen LogP contribution in [0.1, 0.15) is 22.3 Å². The number of hydrogen-bond donors (Lipinski definition) is 2. The number of benzene rings is 1. The number of thiazole rings is 1. The Labute approximate surface area is 190 Å². The normalized spacial score (nSPS) is 11.5. The maximum absolute atomic E-state index is 14.3. The van der Waals surface area contributed by atoms with E-state index >= 15 is 0 Å². The minimum Gasteiger partial charge on any atom is -0.384 e. The van der Waals surface area contributed by atoms with Gasteiger partial charge in [0.15, 0.2) is 10.9 Å². The van der Waals surface area contributed by atoms with E-state index in [0.29, 0.717) is 22.0 Å². The number of alkyl halides is 3. The van der Waals surface area contributed by atoms with Crippen molar-refractivity contribution in [2.45, 2.75) is 12.6 Å². The van der Waals surface area contributed by atoms with E-state index in [1.165, 1.54) is 7.05 Å². The van der Waals surface area contributed by atoms with Gasteiger partial charge < -0.3 is 11.1 Å². The second-order valence-electron chi connectivity index (χ2n) is 6.93. The average molecular weight is 503 g/mol. The largest absolute Gasteiger partial charge is 0.422 e. The summed E-state index contributed by atoms with van der Waals surface area (Å²) in [7, 11) is 2.35. The molecule has 0 aliphatic rings. The molecule has 0 unspecified atom stereocenters. The Morgan fingerprint density at radius 2 is 1.79 bits per heavy atom. The molecule has 34 heavy (non-hydrogen) atoms. The van der Waals surface area contributed by atoms with Crippen LogP contribution in [-0.2, 0) is 25.1 Å². The number of nitrogen functional groups attached to an aromatic ring is 1. The molecule has 0 fully saturated rings. The molecule has 15 heteroatoms. The van der Waals surface area contributed by atoms with Crippen molar-refractivity contribution in [2.75, 3.05) is 11.1 Å². The van der Waals surface area contributed by atoms with Crippen molar-refractivity contribution in [1.29, 1.82) is 0 Å². The van der Waals surface area contributed by atoms with Gasteiger partial charge in [-0.25, -0.2) is 18.6 Å². The zero-order valence-corrected chi connectivity index (χ0v) is 18.1. The molecule has 0 radical (unpaired) electrons. The fourth-order valence-electron chi connectivity index (χ4n) is 2.98. The Kier molecular flexibility index (Phi) is 6.42. The van der Waals surface area contributed by atoms with Crippen LogP contribution >= 0.6 is 11.3 Å². The number of nitrogens with two attached hydrogens (primary N) is 1. The number of aromatic nitrogens is 3. The molecule has 0 aliphatic carbocycles. The van der Waals surface area contributed by atoms with E-state index in [-0.39, 0.29) is 10.8 Å². The number of rotatable bonds is 5. The second kappa shape index (κ2) is 8.81. The Morgan fingerprint density at radius 3 is 2.41 bits per heavy atom. The fourth-order valence-corrected chi connectivity index (χ4v) is 3.71. The number of nitrogens with one attached hydrogen (secondary N) is 1. The molecule has 2 aromatic heterocycles. The van der Waals surface area contributed by atoms with Crippen LogP contribution in [0.4, 0.5) is 32.9 Å². The summed E-state index contributed by atoms with van der Waals surface area (Å²) in [4.78, 5) is 52.5. The monoisotopic (exact) mass is 503 g/mol. The third-order valence-electron chi connectivity index (χ3n) is 4.71. The van der Waals surface area contributed by atoms with Crippen LogP contribution in [0, 0.1) is 11.6 Å². The highest BCUT2D eigenvalue weighted by atomic mass is 32.1. The summed E-state index contributed by atoms with van der Waals surface area (Å²) in [6, 6.07) is 1.21. The summed E-state index contributed by atoms with van der Waals surface area (Å²) in [6.07, 6.45) is -6.16. The molecule has 2 heterocycles. The standard InChI is InChI=1S/C19H14F5N5O4S/c1-28-15(25)12(16(32)29(2)18(28)33)10(30)5-11(31)27-17-26-9(6-34-17)7-3-4-8(20)13(14(7)21)19(22,23)24/h3-4,6H,5,25H2,1-2H3,(H,26,27,31). The topological polar surface area (TPSA) is 129 Å². The first-order valence-electron chi connectivity index (χ1n) is 9.13. The summed E-state index contributed by atoms with van der Waals surface area (Å²) in [6.45, 7) is 0. The number of halogens is 5. The van der Waals surface area contributed by atoms with Crippen LogP contribution in [0.25, 0.3) is 11.3 Å². The van der Waals surface area contributed by atoms with Crippen LogP contribution in [0.3, 0.4) is 0 Å². The molecule has 0 atom stereocenters. The van der Waals surface area contributed by atoms with Gasteiger partial charge in [-0.05, 0) is 12.1 Å². The minimum absolute atomic E-state index is 0.202. The molecule has 180 valence electrons. The molecule has 3 rings (SSSR count). The van der Waals surface area contributed by atoms with E-state index in [9.17, 15) is 41.1 Å². The van der Waals surface area contributed by atoms with E-state index in [2.05, 4.69) is 10.3 Å². The number of anilines is 2. The van der Waals surface area contributed by atoms with Crippen molar-refractivity contribution >= 4 is 34.0 Å². The second-order valence-corrected chi connectivity index (χ2v) is 7.79. The van der Waals surface area contributed by atoms with Crippen LogP contribution in [0.2, 0.25) is 0 Å². The van der Waals surface area contributed by atoms with E-state index < -0.39 is 69.7 Å². The first kappa shape index (κ1) is 24.8. The van der Waals surface area contributed by atoms with E-state index in [1.807, 2.05) is 0 Å². The summed E-state index contributed by atoms with van der Waals surface area (Å²) in [5, 5.41) is 3.12. The van der Waals surface area contributed by atoms with Crippen molar-refractivity contribution in [3.8, 4) is 11.3 Å². The lowest BCUT2D eigenvalue weighted by Gasteiger charge is -2.11. The Hall–Kier alpha value is -3.88. The minimum atomic E-state index is -5.28. The van der Waals surface area contributed by atoms with Crippen LogP contribution in [-0.4, -0.2) is 25.8 Å². The van der Waals surface area contributed by atoms with Crippen molar-refractivity contribution < 1.29 is 31.5 Å². The number of carbonyl (C=O) groups is 2. The summed E-state index contributed by atoms with van der Waals surface area (Å²) < 4.78 is 68.1. The van der Waals surface area contributed by atoms with E-state index in [1.54, 1.807) is 0 Å². The molecule has 1 aromatic carbocycles. The highest BCUT2D eigenvalue weighted by Crippen LogP contribution is 2.38. The first-order chi connectivity index (χ1) is 15.7. The molecule has 0 spiro atoms. The number of ketones is 1.